The van der Waals surface area contributed by atoms with Gasteiger partial charge in [0.2, 0.25) is 0 Å². The molecule has 0 aromatic heterocycles. The first-order chi connectivity index (χ1) is 16.2. The van der Waals surface area contributed by atoms with Crippen LogP contribution in [0.15, 0.2) is 36.4 Å². The van der Waals surface area contributed by atoms with Crippen molar-refractivity contribution >= 4 is 17.5 Å². The Morgan fingerprint density at radius 2 is 1.80 bits per heavy atom. The van der Waals surface area contributed by atoms with Crippen LogP contribution in [0, 0.1) is 17.6 Å². The van der Waals surface area contributed by atoms with Gasteiger partial charge in [0.15, 0.2) is 5.60 Å². The highest BCUT2D eigenvalue weighted by molar-refractivity contribution is 5.98. The van der Waals surface area contributed by atoms with Gasteiger partial charge in [-0.2, -0.15) is 22.0 Å². The van der Waals surface area contributed by atoms with Crippen LogP contribution in [0.4, 0.5) is 36.4 Å². The standard InChI is InChI=1S/C22H19F7N2O4/c1-9-16(12-5-3-10(23)7-15(12)34-20(25)26)17(35-21(9,2)22(27,28)29)19(33)31-11-4-6-14(24)13(8-11)18(30)32/h3-9,16-17,20H,1-2H3,(H2,30,32)(H,31,33)/t9-,16+,17-,21+/m0/s1. The second kappa shape index (κ2) is 9.36. The maximum atomic E-state index is 13.9. The molecule has 0 spiro atoms. The summed E-state index contributed by atoms with van der Waals surface area (Å²) in [5.74, 6) is -8.13. The highest BCUT2D eigenvalue weighted by atomic mass is 19.4. The summed E-state index contributed by atoms with van der Waals surface area (Å²) < 4.78 is 105. The minimum atomic E-state index is -4.99. The van der Waals surface area contributed by atoms with Gasteiger partial charge in [-0.15, -0.1) is 0 Å². The number of nitrogens with one attached hydrogen (secondary N) is 1. The van der Waals surface area contributed by atoms with Gasteiger partial charge in [0.25, 0.3) is 11.8 Å². The van der Waals surface area contributed by atoms with Crippen LogP contribution in [-0.4, -0.2) is 36.3 Å². The molecule has 2 amide bonds. The number of rotatable bonds is 6. The second-order valence-corrected chi connectivity index (χ2v) is 8.07. The quantitative estimate of drug-likeness (QED) is 0.552. The van der Waals surface area contributed by atoms with Gasteiger partial charge in [-0.3, -0.25) is 9.59 Å². The Morgan fingerprint density at radius 1 is 1.14 bits per heavy atom. The van der Waals surface area contributed by atoms with Crippen LogP contribution in [0.5, 0.6) is 5.75 Å². The van der Waals surface area contributed by atoms with Crippen molar-refractivity contribution < 1.29 is 49.8 Å². The van der Waals surface area contributed by atoms with E-state index in [0.29, 0.717) is 13.0 Å². The zero-order chi connectivity index (χ0) is 26.3. The van der Waals surface area contributed by atoms with Gasteiger partial charge in [-0.1, -0.05) is 13.0 Å². The summed E-state index contributed by atoms with van der Waals surface area (Å²) in [6.07, 6.45) is -6.91. The first-order valence-electron chi connectivity index (χ1n) is 10.0. The van der Waals surface area contributed by atoms with Crippen LogP contribution in [0.3, 0.4) is 0 Å². The summed E-state index contributed by atoms with van der Waals surface area (Å²) >= 11 is 0. The highest BCUT2D eigenvalue weighted by Gasteiger charge is 2.65. The number of alkyl halides is 5. The van der Waals surface area contributed by atoms with E-state index >= 15 is 0 Å². The third-order valence-electron chi connectivity index (χ3n) is 5.98. The smallest absolute Gasteiger partial charge is 0.417 e. The third-order valence-corrected chi connectivity index (χ3v) is 5.98. The van der Waals surface area contributed by atoms with Crippen LogP contribution in [0.25, 0.3) is 0 Å². The number of nitrogens with two attached hydrogens (primary N) is 1. The molecule has 1 heterocycles. The van der Waals surface area contributed by atoms with Crippen molar-refractivity contribution in [1.29, 1.82) is 0 Å². The number of benzene rings is 2. The summed E-state index contributed by atoms with van der Waals surface area (Å²) in [4.78, 5) is 24.4. The zero-order valence-electron chi connectivity index (χ0n) is 18.1. The number of hydrogen-bond donors (Lipinski definition) is 2. The fourth-order valence-electron chi connectivity index (χ4n) is 4.01. The monoisotopic (exact) mass is 508 g/mol. The number of ether oxygens (including phenoxy) is 2. The molecule has 190 valence electrons. The normalized spacial score (nSPS) is 24.5. The van der Waals surface area contributed by atoms with E-state index in [1.54, 1.807) is 0 Å². The van der Waals surface area contributed by atoms with Gasteiger partial charge >= 0.3 is 12.8 Å². The summed E-state index contributed by atoms with van der Waals surface area (Å²) in [6, 6.07) is 5.01. The van der Waals surface area contributed by atoms with Crippen LogP contribution in [-0.2, 0) is 9.53 Å². The number of hydrogen-bond acceptors (Lipinski definition) is 4. The average molecular weight is 508 g/mol. The number of anilines is 1. The third kappa shape index (κ3) is 5.04. The Kier molecular flexibility index (Phi) is 7.02. The molecule has 3 N–H and O–H groups in total. The molecular weight excluding hydrogens is 489 g/mol. The molecule has 0 radical (unpaired) electrons. The minimum Gasteiger partial charge on any atom is -0.434 e. The lowest BCUT2D eigenvalue weighted by Gasteiger charge is -2.32. The SMILES string of the molecule is C[C@H]1[C@H](c2ccc(F)cc2OC(F)F)[C@@H](C(=O)Nc2ccc(F)c(C(N)=O)c2)O[C@@]1(C)C(F)(F)F. The number of primary amides is 1. The topological polar surface area (TPSA) is 90.6 Å². The molecule has 0 aliphatic carbocycles. The van der Waals surface area contributed by atoms with E-state index < -0.39 is 71.1 Å². The highest BCUT2D eigenvalue weighted by Crippen LogP contribution is 2.54. The zero-order valence-corrected chi connectivity index (χ0v) is 18.1. The molecule has 0 bridgehead atoms. The predicted octanol–water partition coefficient (Wildman–Crippen LogP) is 4.74. The van der Waals surface area contributed by atoms with Crippen LogP contribution in [0.1, 0.15) is 35.7 Å². The van der Waals surface area contributed by atoms with E-state index in [1.165, 1.54) is 0 Å². The van der Waals surface area contributed by atoms with Crippen LogP contribution in [0.2, 0.25) is 0 Å². The molecular formula is C22H19F7N2O4. The van der Waals surface area contributed by atoms with Crippen molar-refractivity contribution in [2.75, 3.05) is 5.32 Å². The Hall–Kier alpha value is -3.35. The van der Waals surface area contributed by atoms with E-state index in [4.69, 9.17) is 10.5 Å². The maximum Gasteiger partial charge on any atom is 0.417 e. The number of carbonyl (C=O) groups excluding carboxylic acids is 2. The Labute approximate surface area is 194 Å². The molecule has 3 rings (SSSR count). The first-order valence-corrected chi connectivity index (χ1v) is 10.0. The largest absolute Gasteiger partial charge is 0.434 e. The van der Waals surface area contributed by atoms with E-state index in [2.05, 4.69) is 10.1 Å². The lowest BCUT2D eigenvalue weighted by Crippen LogP contribution is -2.47. The summed E-state index contributed by atoms with van der Waals surface area (Å²) in [5, 5.41) is 2.22. The van der Waals surface area contributed by atoms with Crippen molar-refractivity contribution in [3.8, 4) is 5.75 Å². The number of amides is 2. The molecule has 1 fully saturated rings. The van der Waals surface area contributed by atoms with E-state index in [1.807, 2.05) is 0 Å². The molecule has 6 nitrogen and oxygen atoms in total. The van der Waals surface area contributed by atoms with Crippen molar-refractivity contribution in [2.24, 2.45) is 11.7 Å². The predicted molar refractivity (Wildman–Crippen MR) is 108 cm³/mol. The molecule has 35 heavy (non-hydrogen) atoms. The van der Waals surface area contributed by atoms with E-state index in [9.17, 15) is 40.3 Å². The number of carbonyl (C=O) groups is 2. The molecule has 1 saturated heterocycles. The van der Waals surface area contributed by atoms with Gasteiger partial charge in [-0.25, -0.2) is 8.78 Å². The molecule has 1 aliphatic heterocycles. The van der Waals surface area contributed by atoms with Gasteiger partial charge in [-0.05, 0) is 31.2 Å². The molecule has 0 saturated carbocycles. The second-order valence-electron chi connectivity index (χ2n) is 8.07. The fraction of sp³-hybridized carbons (Fsp3) is 0.364. The van der Waals surface area contributed by atoms with Gasteiger partial charge in [0.1, 0.15) is 23.5 Å². The molecule has 2 aromatic carbocycles. The van der Waals surface area contributed by atoms with Crippen LogP contribution < -0.4 is 15.8 Å². The lowest BCUT2D eigenvalue weighted by atomic mass is 9.77. The van der Waals surface area contributed by atoms with Crippen molar-refractivity contribution in [3.05, 3.63) is 59.2 Å². The van der Waals surface area contributed by atoms with Crippen molar-refractivity contribution in [2.45, 2.75) is 44.3 Å². The maximum absolute atomic E-state index is 13.9. The lowest BCUT2D eigenvalue weighted by molar-refractivity contribution is -0.272. The van der Waals surface area contributed by atoms with E-state index in [0.717, 1.165) is 37.3 Å². The van der Waals surface area contributed by atoms with Crippen molar-refractivity contribution in [1.82, 2.24) is 0 Å². The minimum absolute atomic E-state index is 0.191. The molecule has 0 unspecified atom stereocenters. The number of halogens is 7. The molecule has 13 heteroatoms. The molecule has 1 aliphatic rings. The van der Waals surface area contributed by atoms with Gasteiger partial charge in [0, 0.05) is 29.2 Å². The average Bonchev–Trinajstić information content (AvgIpc) is 3.01. The molecule has 2 aromatic rings. The van der Waals surface area contributed by atoms with Crippen LogP contribution >= 0.6 is 0 Å². The fourth-order valence-corrected chi connectivity index (χ4v) is 4.01. The first kappa shape index (κ1) is 26.3. The Bertz CT molecular complexity index is 1140. The van der Waals surface area contributed by atoms with Crippen molar-refractivity contribution in [3.63, 3.8) is 0 Å². The Morgan fingerprint density at radius 3 is 2.37 bits per heavy atom. The summed E-state index contributed by atoms with van der Waals surface area (Å²) in [7, 11) is 0. The van der Waals surface area contributed by atoms with E-state index in [-0.39, 0.29) is 11.3 Å². The Balaban J connectivity index is 2.07. The van der Waals surface area contributed by atoms with Gasteiger partial charge in [0.05, 0.1) is 5.56 Å². The van der Waals surface area contributed by atoms with Gasteiger partial charge < -0.3 is 20.5 Å². The summed E-state index contributed by atoms with van der Waals surface area (Å²) in [6.45, 7) is -1.64. The molecule has 4 atom stereocenters. The summed E-state index contributed by atoms with van der Waals surface area (Å²) in [5.41, 5.74) is 1.05.